The number of hydrogen-bond acceptors (Lipinski definition) is 6. The fraction of sp³-hybridized carbons (Fsp3) is 0.562. The van der Waals surface area contributed by atoms with Crippen molar-refractivity contribution in [2.75, 3.05) is 18.1 Å². The van der Waals surface area contributed by atoms with Gasteiger partial charge in [0.15, 0.2) is 0 Å². The van der Waals surface area contributed by atoms with Gasteiger partial charge >= 0.3 is 0 Å². The molecule has 3 heterocycles. The van der Waals surface area contributed by atoms with Gasteiger partial charge in [-0.05, 0) is 12.8 Å². The van der Waals surface area contributed by atoms with Crippen molar-refractivity contribution in [3.63, 3.8) is 0 Å². The second-order valence-corrected chi connectivity index (χ2v) is 7.60. The number of primary amides is 1. The molecule has 0 spiro atoms. The van der Waals surface area contributed by atoms with Crippen molar-refractivity contribution in [3.8, 4) is 0 Å². The number of H-pyrrole nitrogens is 1. The highest BCUT2D eigenvalue weighted by molar-refractivity contribution is 8.00. The van der Waals surface area contributed by atoms with Gasteiger partial charge in [0.05, 0.1) is 12.1 Å². The van der Waals surface area contributed by atoms with Crippen molar-refractivity contribution in [1.29, 1.82) is 0 Å². The third kappa shape index (κ3) is 4.59. The summed E-state index contributed by atoms with van der Waals surface area (Å²) in [6.45, 7) is 0.414. The summed E-state index contributed by atoms with van der Waals surface area (Å²) in [5.41, 5.74) is 6.08. The van der Waals surface area contributed by atoms with E-state index in [2.05, 4.69) is 20.6 Å². The number of rotatable bonds is 6. The molecule has 1 aromatic rings. The van der Waals surface area contributed by atoms with Gasteiger partial charge in [-0.2, -0.15) is 0 Å². The average molecular weight is 394 g/mol. The molecule has 10 nitrogen and oxygen atoms in total. The van der Waals surface area contributed by atoms with Gasteiger partial charge in [0, 0.05) is 30.6 Å². The maximum absolute atomic E-state index is 13.0. The number of thioether (sulfide) groups is 1. The molecule has 0 radical (unpaired) electrons. The molecule has 2 saturated heterocycles. The average Bonchev–Trinajstić information content (AvgIpc) is 3.32. The van der Waals surface area contributed by atoms with Crippen LogP contribution in [-0.2, 0) is 25.6 Å². The number of nitrogens with two attached hydrogens (primary N) is 1. The molecule has 3 rings (SSSR count). The van der Waals surface area contributed by atoms with Crippen LogP contribution in [0.1, 0.15) is 18.5 Å². The van der Waals surface area contributed by atoms with Gasteiger partial charge in [-0.15, -0.1) is 11.8 Å². The third-order valence-corrected chi connectivity index (χ3v) is 5.66. The maximum Gasteiger partial charge on any atom is 0.246 e. The maximum atomic E-state index is 13.0. The van der Waals surface area contributed by atoms with E-state index in [-0.39, 0.29) is 18.2 Å². The summed E-state index contributed by atoms with van der Waals surface area (Å²) < 4.78 is 0. The van der Waals surface area contributed by atoms with Crippen molar-refractivity contribution in [1.82, 2.24) is 25.5 Å². The van der Waals surface area contributed by atoms with E-state index in [0.717, 1.165) is 0 Å². The molecule has 0 bridgehead atoms. The van der Waals surface area contributed by atoms with Gasteiger partial charge in [0.1, 0.15) is 18.1 Å². The fourth-order valence-electron chi connectivity index (χ4n) is 3.30. The Morgan fingerprint density at radius 2 is 2.26 bits per heavy atom. The summed E-state index contributed by atoms with van der Waals surface area (Å²) >= 11 is 1.36. The summed E-state index contributed by atoms with van der Waals surface area (Å²) in [4.78, 5) is 57.1. The zero-order valence-electron chi connectivity index (χ0n) is 14.6. The smallest absolute Gasteiger partial charge is 0.246 e. The van der Waals surface area contributed by atoms with Gasteiger partial charge in [0.2, 0.25) is 23.6 Å². The molecule has 11 heteroatoms. The molecule has 1 unspecified atom stereocenters. The minimum atomic E-state index is -0.887. The van der Waals surface area contributed by atoms with Crippen LogP contribution in [0, 0.1) is 0 Å². The molecular formula is C16H22N6O4S. The summed E-state index contributed by atoms with van der Waals surface area (Å²) in [6.07, 6.45) is 4.44. The molecular weight excluding hydrogens is 372 g/mol. The van der Waals surface area contributed by atoms with Crippen LogP contribution in [0.25, 0.3) is 0 Å². The molecule has 3 atom stereocenters. The van der Waals surface area contributed by atoms with E-state index in [1.807, 2.05) is 0 Å². The van der Waals surface area contributed by atoms with E-state index in [1.54, 1.807) is 6.20 Å². The number of amides is 4. The molecule has 5 N–H and O–H groups in total. The molecule has 0 aromatic carbocycles. The number of nitrogens with one attached hydrogen (secondary N) is 3. The van der Waals surface area contributed by atoms with Crippen LogP contribution in [0.3, 0.4) is 0 Å². The SMILES string of the molecule is NC(=O)[C@H]1CCCN1C(=O)[C@H](Cc1cnc[nH]1)NC(=O)C1CSCC(=O)N1. The van der Waals surface area contributed by atoms with Gasteiger partial charge in [-0.1, -0.05) is 0 Å². The van der Waals surface area contributed by atoms with E-state index in [9.17, 15) is 19.2 Å². The van der Waals surface area contributed by atoms with Crippen molar-refractivity contribution in [3.05, 3.63) is 18.2 Å². The van der Waals surface area contributed by atoms with E-state index in [4.69, 9.17) is 5.73 Å². The van der Waals surface area contributed by atoms with Crippen LogP contribution < -0.4 is 16.4 Å². The summed E-state index contributed by atoms with van der Waals surface area (Å²) in [5, 5.41) is 5.35. The van der Waals surface area contributed by atoms with E-state index in [1.165, 1.54) is 23.0 Å². The normalized spacial score (nSPS) is 23.6. The highest BCUT2D eigenvalue weighted by atomic mass is 32.2. The van der Waals surface area contributed by atoms with Gasteiger partial charge in [0.25, 0.3) is 0 Å². The molecule has 146 valence electrons. The lowest BCUT2D eigenvalue weighted by atomic mass is 10.1. The van der Waals surface area contributed by atoms with Crippen molar-refractivity contribution < 1.29 is 19.2 Å². The first-order chi connectivity index (χ1) is 13.0. The summed E-state index contributed by atoms with van der Waals surface area (Å²) in [7, 11) is 0. The first kappa shape index (κ1) is 19.2. The number of hydrogen-bond donors (Lipinski definition) is 4. The Balaban J connectivity index is 1.74. The lowest BCUT2D eigenvalue weighted by molar-refractivity contribution is -0.141. The van der Waals surface area contributed by atoms with Gasteiger partial charge < -0.3 is 26.3 Å². The predicted octanol–water partition coefficient (Wildman–Crippen LogP) is -1.86. The minimum absolute atomic E-state index is 0.195. The van der Waals surface area contributed by atoms with Crippen molar-refractivity contribution in [2.24, 2.45) is 5.73 Å². The molecule has 27 heavy (non-hydrogen) atoms. The first-order valence-electron chi connectivity index (χ1n) is 8.70. The van der Waals surface area contributed by atoms with E-state index >= 15 is 0 Å². The number of likely N-dealkylation sites (tertiary alicyclic amines) is 1. The van der Waals surface area contributed by atoms with Crippen LogP contribution in [0.5, 0.6) is 0 Å². The number of aromatic amines is 1. The Morgan fingerprint density at radius 3 is 2.93 bits per heavy atom. The van der Waals surface area contributed by atoms with Crippen LogP contribution in [0.4, 0.5) is 0 Å². The third-order valence-electron chi connectivity index (χ3n) is 4.63. The van der Waals surface area contributed by atoms with Crippen molar-refractivity contribution >= 4 is 35.4 Å². The number of carbonyl (C=O) groups excluding carboxylic acids is 4. The number of nitrogens with zero attached hydrogens (tertiary/aromatic N) is 2. The van der Waals surface area contributed by atoms with E-state index < -0.39 is 29.9 Å². The molecule has 0 aliphatic carbocycles. The zero-order valence-corrected chi connectivity index (χ0v) is 15.5. The lowest BCUT2D eigenvalue weighted by Crippen LogP contribution is -2.58. The quantitative estimate of drug-likeness (QED) is 0.445. The van der Waals surface area contributed by atoms with Crippen LogP contribution >= 0.6 is 11.8 Å². The Morgan fingerprint density at radius 1 is 1.44 bits per heavy atom. The number of carbonyl (C=O) groups is 4. The largest absolute Gasteiger partial charge is 0.368 e. The van der Waals surface area contributed by atoms with Crippen LogP contribution in [0.15, 0.2) is 12.5 Å². The Bertz CT molecular complexity index is 725. The molecule has 2 aliphatic rings. The second-order valence-electron chi connectivity index (χ2n) is 6.57. The summed E-state index contributed by atoms with van der Waals surface area (Å²) in [5.74, 6) is -0.804. The Kier molecular flexibility index (Phi) is 5.99. The predicted molar refractivity (Wildman–Crippen MR) is 97.4 cm³/mol. The first-order valence-corrected chi connectivity index (χ1v) is 9.85. The minimum Gasteiger partial charge on any atom is -0.368 e. The standard InChI is InChI=1S/C16H22N6O4S/c17-14(24)12-2-1-3-22(12)16(26)10(4-9-5-18-8-19-9)21-15(25)11-6-27-7-13(23)20-11/h5,8,10-12H,1-4,6-7H2,(H2,17,24)(H,18,19)(H,20,23)(H,21,25)/t10-,11?,12+/m0/s1. The Labute approximate surface area is 160 Å². The molecule has 4 amide bonds. The number of imidazole rings is 1. The molecule has 2 aliphatic heterocycles. The van der Waals surface area contributed by atoms with Gasteiger partial charge in [-0.25, -0.2) is 4.98 Å². The second kappa shape index (κ2) is 8.42. The lowest BCUT2D eigenvalue weighted by Gasteiger charge is -2.29. The highest BCUT2D eigenvalue weighted by Crippen LogP contribution is 2.19. The van der Waals surface area contributed by atoms with Crippen LogP contribution in [-0.4, -0.2) is 74.7 Å². The Hall–Kier alpha value is -2.56. The zero-order chi connectivity index (χ0) is 19.4. The molecule has 2 fully saturated rings. The molecule has 0 saturated carbocycles. The van der Waals surface area contributed by atoms with Gasteiger partial charge in [-0.3, -0.25) is 19.2 Å². The summed E-state index contributed by atoms with van der Waals surface area (Å²) in [6, 6.07) is -2.25. The topological polar surface area (TPSA) is 150 Å². The number of aromatic nitrogens is 2. The molecule has 1 aromatic heterocycles. The van der Waals surface area contributed by atoms with Crippen LogP contribution in [0.2, 0.25) is 0 Å². The van der Waals surface area contributed by atoms with E-state index in [0.29, 0.717) is 36.6 Å². The highest BCUT2D eigenvalue weighted by Gasteiger charge is 2.38. The monoisotopic (exact) mass is 394 g/mol. The van der Waals surface area contributed by atoms with Crippen molar-refractivity contribution in [2.45, 2.75) is 37.4 Å². The fourth-order valence-corrected chi connectivity index (χ4v) is 4.16.